The van der Waals surface area contributed by atoms with Crippen LogP contribution in [0.1, 0.15) is 76.2 Å². The first kappa shape index (κ1) is 28.7. The molecule has 1 saturated carbocycles. The van der Waals surface area contributed by atoms with Crippen molar-refractivity contribution in [3.8, 4) is 5.75 Å². The number of benzene rings is 1. The molecule has 0 bridgehead atoms. The molecule has 0 saturated heterocycles. The van der Waals surface area contributed by atoms with E-state index in [4.69, 9.17) is 21.3 Å². The molecule has 1 aliphatic carbocycles. The van der Waals surface area contributed by atoms with E-state index in [1.807, 2.05) is 43.3 Å². The lowest BCUT2D eigenvalue weighted by atomic mass is 9.72. The van der Waals surface area contributed by atoms with Crippen LogP contribution in [0.4, 0.5) is 5.82 Å². The molecule has 1 aliphatic heterocycles. The van der Waals surface area contributed by atoms with Gasteiger partial charge in [0.15, 0.2) is 11.6 Å². The number of hydrogen-bond donors (Lipinski definition) is 3. The number of aliphatic hydroxyl groups excluding tert-OH is 1. The quantitative estimate of drug-likeness (QED) is 0.420. The van der Waals surface area contributed by atoms with Crippen molar-refractivity contribution in [3.63, 3.8) is 0 Å². The molecule has 0 unspecified atom stereocenters. The molecule has 1 fully saturated rings. The molecule has 38 heavy (non-hydrogen) atoms. The number of pyridine rings is 1. The maximum atomic E-state index is 12.0. The van der Waals surface area contributed by atoms with E-state index in [1.165, 1.54) is 6.92 Å². The molecule has 3 N–H and O–H groups in total. The second-order valence-electron chi connectivity index (χ2n) is 12.5. The van der Waals surface area contributed by atoms with Crippen molar-refractivity contribution in [2.24, 2.45) is 5.41 Å². The third-order valence-corrected chi connectivity index (χ3v) is 7.75. The number of anilines is 1. The molecule has 2 aromatic rings. The summed E-state index contributed by atoms with van der Waals surface area (Å²) in [5.41, 5.74) is 3.06. The van der Waals surface area contributed by atoms with E-state index in [1.54, 1.807) is 0 Å². The molecule has 1 amide bonds. The van der Waals surface area contributed by atoms with Gasteiger partial charge in [-0.2, -0.15) is 0 Å². The second kappa shape index (κ2) is 11.4. The Morgan fingerprint density at radius 3 is 2.50 bits per heavy atom. The largest absolute Gasteiger partial charge is 0.483 e. The number of hydrogen-bond acceptors (Lipinski definition) is 6. The molecule has 8 heteroatoms. The van der Waals surface area contributed by atoms with E-state index in [9.17, 15) is 9.90 Å². The van der Waals surface area contributed by atoms with Gasteiger partial charge in [-0.3, -0.25) is 4.79 Å². The molecule has 208 valence electrons. The van der Waals surface area contributed by atoms with Crippen molar-refractivity contribution in [2.45, 2.75) is 90.0 Å². The smallest absolute Gasteiger partial charge is 0.217 e. The molecule has 4 rings (SSSR count). The van der Waals surface area contributed by atoms with Crippen molar-refractivity contribution < 1.29 is 14.6 Å². The number of carbonyl (C=O) groups excluding carboxylic acids is 1. The minimum Gasteiger partial charge on any atom is -0.483 e. The zero-order valence-electron chi connectivity index (χ0n) is 23.6. The summed E-state index contributed by atoms with van der Waals surface area (Å²) in [4.78, 5) is 19.0. The molecule has 2 aliphatic rings. The van der Waals surface area contributed by atoms with Crippen LogP contribution in [0.3, 0.4) is 0 Å². The van der Waals surface area contributed by atoms with E-state index in [-0.39, 0.29) is 23.0 Å². The van der Waals surface area contributed by atoms with E-state index in [0.29, 0.717) is 18.0 Å². The van der Waals surface area contributed by atoms with Gasteiger partial charge in [0.1, 0.15) is 5.60 Å². The highest BCUT2D eigenvalue weighted by atomic mass is 35.5. The van der Waals surface area contributed by atoms with E-state index >= 15 is 0 Å². The highest BCUT2D eigenvalue weighted by Crippen LogP contribution is 2.51. The average molecular weight is 543 g/mol. The predicted molar refractivity (Wildman–Crippen MR) is 153 cm³/mol. The third kappa shape index (κ3) is 6.99. The Morgan fingerprint density at radius 2 is 1.95 bits per heavy atom. The Morgan fingerprint density at radius 1 is 1.26 bits per heavy atom. The highest BCUT2D eigenvalue weighted by Gasteiger charge is 2.47. The van der Waals surface area contributed by atoms with Gasteiger partial charge in [0.25, 0.3) is 0 Å². The number of nitrogens with one attached hydrogen (secondary N) is 2. The van der Waals surface area contributed by atoms with Gasteiger partial charge in [0.05, 0.1) is 12.1 Å². The van der Waals surface area contributed by atoms with E-state index in [2.05, 4.69) is 37.5 Å². The lowest BCUT2D eigenvalue weighted by Gasteiger charge is -2.49. The van der Waals surface area contributed by atoms with E-state index in [0.717, 1.165) is 60.5 Å². The van der Waals surface area contributed by atoms with Crippen LogP contribution in [0.5, 0.6) is 5.75 Å². The number of carbonyl (C=O) groups is 1. The van der Waals surface area contributed by atoms with Gasteiger partial charge in [-0.05, 0) is 61.3 Å². The molecular weight excluding hydrogens is 500 g/mol. The van der Waals surface area contributed by atoms with Crippen LogP contribution in [0.15, 0.2) is 30.3 Å². The first-order chi connectivity index (χ1) is 17.8. The van der Waals surface area contributed by atoms with Crippen molar-refractivity contribution in [2.75, 3.05) is 25.5 Å². The van der Waals surface area contributed by atoms with Crippen LogP contribution in [-0.2, 0) is 17.6 Å². The fraction of sp³-hybridized carbons (Fsp3) is 0.600. The fourth-order valence-electron chi connectivity index (χ4n) is 5.52. The van der Waals surface area contributed by atoms with Gasteiger partial charge >= 0.3 is 0 Å². The van der Waals surface area contributed by atoms with Gasteiger partial charge in [0.2, 0.25) is 5.91 Å². The number of ether oxygens (including phenoxy) is 1. The maximum absolute atomic E-state index is 12.0. The van der Waals surface area contributed by atoms with Crippen molar-refractivity contribution in [1.82, 2.24) is 15.6 Å². The summed E-state index contributed by atoms with van der Waals surface area (Å²) in [5.74, 6) is 1.55. The molecule has 1 spiro atoms. The monoisotopic (exact) mass is 542 g/mol. The van der Waals surface area contributed by atoms with Crippen molar-refractivity contribution >= 4 is 23.3 Å². The number of nitrogens with zero attached hydrogens (tertiary/aromatic N) is 2. The normalized spacial score (nSPS) is 19.6. The van der Waals surface area contributed by atoms with Crippen LogP contribution >= 0.6 is 11.6 Å². The summed E-state index contributed by atoms with van der Waals surface area (Å²) < 4.78 is 6.68. The lowest BCUT2D eigenvalue weighted by Crippen LogP contribution is -2.52. The summed E-state index contributed by atoms with van der Waals surface area (Å²) in [6.07, 6.45) is 4.64. The Hall–Kier alpha value is -2.35. The number of amides is 1. The SMILES string of the molecule is CC(=O)N[C@@H](Cc1ccc(Cl)cc1)[C@@H](O)CN[C@H]1CC2(CCC2)Oc2c1cc(CC(C)(C)C)nc2N(C)C. The lowest BCUT2D eigenvalue weighted by molar-refractivity contribution is -0.120. The molecule has 1 aromatic heterocycles. The second-order valence-corrected chi connectivity index (χ2v) is 12.9. The average Bonchev–Trinajstić information content (AvgIpc) is 2.80. The van der Waals surface area contributed by atoms with Crippen molar-refractivity contribution in [3.05, 3.63) is 52.2 Å². The molecule has 3 atom stereocenters. The summed E-state index contributed by atoms with van der Waals surface area (Å²) >= 11 is 6.04. The first-order valence-corrected chi connectivity index (χ1v) is 14.1. The van der Waals surface area contributed by atoms with Gasteiger partial charge in [-0.25, -0.2) is 4.98 Å². The van der Waals surface area contributed by atoms with Crippen LogP contribution in [0.25, 0.3) is 0 Å². The number of aromatic nitrogens is 1. The van der Waals surface area contributed by atoms with Gasteiger partial charge in [-0.15, -0.1) is 0 Å². The van der Waals surface area contributed by atoms with Crippen LogP contribution in [0, 0.1) is 5.41 Å². The maximum Gasteiger partial charge on any atom is 0.217 e. The fourth-order valence-corrected chi connectivity index (χ4v) is 5.64. The molecule has 1 aromatic carbocycles. The zero-order chi connectivity index (χ0) is 27.7. The number of rotatable bonds is 9. The zero-order valence-corrected chi connectivity index (χ0v) is 24.4. The van der Waals surface area contributed by atoms with Gasteiger partial charge in [-0.1, -0.05) is 44.5 Å². The Labute approximate surface area is 232 Å². The standard InChI is InChI=1S/C30H43ClN4O3/c1-19(36)33-24(14-20-8-10-21(31)11-9-20)26(37)18-32-25-17-30(12-7-13-30)38-27-23(25)15-22(16-29(2,3)4)34-28(27)35(5)6/h8-11,15,24-26,32,37H,7,12-14,16-18H2,1-6H3,(H,33,36)/t24-,25-,26-/m0/s1. The Bertz CT molecular complexity index is 1130. The molecule has 2 heterocycles. The summed E-state index contributed by atoms with van der Waals surface area (Å²) in [6.45, 7) is 8.48. The predicted octanol–water partition coefficient (Wildman–Crippen LogP) is 4.83. The van der Waals surface area contributed by atoms with E-state index < -0.39 is 12.1 Å². The van der Waals surface area contributed by atoms with Crippen LogP contribution < -0.4 is 20.3 Å². The highest BCUT2D eigenvalue weighted by molar-refractivity contribution is 6.30. The molecule has 0 radical (unpaired) electrons. The number of fused-ring (bicyclic) bond motifs is 1. The number of halogens is 1. The first-order valence-electron chi connectivity index (χ1n) is 13.7. The number of aliphatic hydroxyl groups is 1. The minimum absolute atomic E-state index is 0.0163. The summed E-state index contributed by atoms with van der Waals surface area (Å²) in [6, 6.07) is 9.29. The van der Waals surface area contributed by atoms with Crippen LogP contribution in [0.2, 0.25) is 5.02 Å². The topological polar surface area (TPSA) is 86.7 Å². The Kier molecular flexibility index (Phi) is 8.60. The third-order valence-electron chi connectivity index (χ3n) is 7.50. The summed E-state index contributed by atoms with van der Waals surface area (Å²) in [7, 11) is 4.02. The van der Waals surface area contributed by atoms with Crippen LogP contribution in [-0.4, -0.2) is 54.4 Å². The minimum atomic E-state index is -0.776. The van der Waals surface area contributed by atoms with Gasteiger partial charge < -0.3 is 25.4 Å². The molecule has 7 nitrogen and oxygen atoms in total. The van der Waals surface area contributed by atoms with Gasteiger partial charge in [0, 0.05) is 56.3 Å². The Balaban J connectivity index is 1.58. The molecular formula is C30H43ClN4O3. The van der Waals surface area contributed by atoms with Crippen molar-refractivity contribution in [1.29, 1.82) is 0 Å². The summed E-state index contributed by atoms with van der Waals surface area (Å²) in [5, 5.41) is 18.5.